The Labute approximate surface area is 179 Å². The third kappa shape index (κ3) is 4.00. The van der Waals surface area contributed by atoms with E-state index in [-0.39, 0.29) is 11.8 Å². The summed E-state index contributed by atoms with van der Waals surface area (Å²) in [5.41, 5.74) is 3.29. The standard InChI is InChI=1S/C22H24N4O3S/c1-13-12-16(6-9-23-13)21(28)25-22-24-19-18(29-3)5-4-17(20(19)30-22)15-7-10-26(11-8-15)14(2)27/h4-6,9,12,15H,7-8,10-11H2,1-3H3,(H,24,25,28). The van der Waals surface area contributed by atoms with E-state index in [2.05, 4.69) is 21.4 Å². The smallest absolute Gasteiger partial charge is 0.257 e. The van der Waals surface area contributed by atoms with Gasteiger partial charge in [0.25, 0.3) is 5.91 Å². The number of hydrogen-bond acceptors (Lipinski definition) is 6. The van der Waals surface area contributed by atoms with Crippen LogP contribution in [0.25, 0.3) is 10.2 Å². The number of nitrogens with zero attached hydrogens (tertiary/aromatic N) is 3. The van der Waals surface area contributed by atoms with Crippen LogP contribution in [0.4, 0.5) is 5.13 Å². The molecule has 1 aromatic carbocycles. The summed E-state index contributed by atoms with van der Waals surface area (Å²) in [5.74, 6) is 0.949. The van der Waals surface area contributed by atoms with Gasteiger partial charge in [-0.25, -0.2) is 4.98 Å². The highest BCUT2D eigenvalue weighted by atomic mass is 32.1. The molecule has 7 nitrogen and oxygen atoms in total. The van der Waals surface area contributed by atoms with Crippen molar-refractivity contribution in [1.29, 1.82) is 0 Å². The van der Waals surface area contributed by atoms with Crippen LogP contribution in [0, 0.1) is 6.92 Å². The molecule has 1 N–H and O–H groups in total. The molecular weight excluding hydrogens is 400 g/mol. The van der Waals surface area contributed by atoms with Crippen molar-refractivity contribution >= 4 is 38.5 Å². The second-order valence-electron chi connectivity index (χ2n) is 7.47. The summed E-state index contributed by atoms with van der Waals surface area (Å²) in [4.78, 5) is 35.0. The van der Waals surface area contributed by atoms with E-state index in [9.17, 15) is 9.59 Å². The number of hydrogen-bond donors (Lipinski definition) is 1. The number of carbonyl (C=O) groups is 2. The molecule has 156 valence electrons. The zero-order valence-corrected chi connectivity index (χ0v) is 18.1. The first-order valence-electron chi connectivity index (χ1n) is 9.93. The van der Waals surface area contributed by atoms with Gasteiger partial charge < -0.3 is 9.64 Å². The molecule has 1 aliphatic rings. The number of aromatic nitrogens is 2. The molecule has 0 spiro atoms. The van der Waals surface area contributed by atoms with E-state index in [0.29, 0.717) is 22.4 Å². The monoisotopic (exact) mass is 424 g/mol. The summed E-state index contributed by atoms with van der Waals surface area (Å²) in [6.45, 7) is 4.99. The number of aryl methyl sites for hydroxylation is 1. The van der Waals surface area contributed by atoms with E-state index in [1.54, 1.807) is 32.4 Å². The molecule has 0 bridgehead atoms. The van der Waals surface area contributed by atoms with Crippen LogP contribution in [0.5, 0.6) is 5.75 Å². The number of likely N-dealkylation sites (tertiary alicyclic amines) is 1. The number of pyridine rings is 1. The van der Waals surface area contributed by atoms with Gasteiger partial charge in [-0.15, -0.1) is 0 Å². The molecule has 0 atom stereocenters. The van der Waals surface area contributed by atoms with Gasteiger partial charge >= 0.3 is 0 Å². The van der Waals surface area contributed by atoms with Crippen molar-refractivity contribution < 1.29 is 14.3 Å². The summed E-state index contributed by atoms with van der Waals surface area (Å²) in [7, 11) is 1.62. The van der Waals surface area contributed by atoms with Gasteiger partial charge in [0.15, 0.2) is 5.13 Å². The van der Waals surface area contributed by atoms with Crippen molar-refractivity contribution in [2.75, 3.05) is 25.5 Å². The van der Waals surface area contributed by atoms with E-state index < -0.39 is 0 Å². The zero-order valence-electron chi connectivity index (χ0n) is 17.3. The number of fused-ring (bicyclic) bond motifs is 1. The average molecular weight is 425 g/mol. The Morgan fingerprint density at radius 3 is 2.67 bits per heavy atom. The highest BCUT2D eigenvalue weighted by molar-refractivity contribution is 7.22. The van der Waals surface area contributed by atoms with Crippen LogP contribution >= 0.6 is 11.3 Å². The predicted molar refractivity (Wildman–Crippen MR) is 117 cm³/mol. The Balaban J connectivity index is 1.63. The summed E-state index contributed by atoms with van der Waals surface area (Å²) in [6, 6.07) is 7.46. The van der Waals surface area contributed by atoms with Crippen molar-refractivity contribution in [2.24, 2.45) is 0 Å². The lowest BCUT2D eigenvalue weighted by Gasteiger charge is -2.31. The number of nitrogens with one attached hydrogen (secondary N) is 1. The predicted octanol–water partition coefficient (Wildman–Crippen LogP) is 3.99. The number of anilines is 1. The van der Waals surface area contributed by atoms with Gasteiger partial charge in [0.1, 0.15) is 11.3 Å². The van der Waals surface area contributed by atoms with Crippen molar-refractivity contribution in [1.82, 2.24) is 14.9 Å². The molecule has 1 fully saturated rings. The normalized spacial score (nSPS) is 14.7. The van der Waals surface area contributed by atoms with E-state index in [1.165, 1.54) is 16.9 Å². The van der Waals surface area contributed by atoms with Crippen LogP contribution < -0.4 is 10.1 Å². The Morgan fingerprint density at radius 1 is 1.23 bits per heavy atom. The number of methoxy groups -OCH3 is 1. The largest absolute Gasteiger partial charge is 0.494 e. The summed E-state index contributed by atoms with van der Waals surface area (Å²) < 4.78 is 6.53. The number of thiazole rings is 1. The van der Waals surface area contributed by atoms with Gasteiger partial charge in [-0.3, -0.25) is 19.9 Å². The zero-order chi connectivity index (χ0) is 21.3. The number of carbonyl (C=O) groups excluding carboxylic acids is 2. The minimum Gasteiger partial charge on any atom is -0.494 e. The van der Waals surface area contributed by atoms with Gasteiger partial charge in [0.2, 0.25) is 5.91 Å². The molecule has 3 aromatic rings. The molecule has 0 radical (unpaired) electrons. The summed E-state index contributed by atoms with van der Waals surface area (Å²) in [6.07, 6.45) is 3.45. The highest BCUT2D eigenvalue weighted by Crippen LogP contribution is 2.41. The molecule has 2 aromatic heterocycles. The van der Waals surface area contributed by atoms with Crippen LogP contribution in [0.15, 0.2) is 30.5 Å². The maximum Gasteiger partial charge on any atom is 0.257 e. The van der Waals surface area contributed by atoms with Crippen molar-refractivity contribution in [2.45, 2.75) is 32.6 Å². The third-order valence-electron chi connectivity index (χ3n) is 5.52. The number of benzene rings is 1. The molecule has 3 heterocycles. The first-order chi connectivity index (χ1) is 14.5. The number of ether oxygens (including phenoxy) is 1. The Morgan fingerprint density at radius 2 is 2.00 bits per heavy atom. The van der Waals surface area contributed by atoms with Gasteiger partial charge in [0, 0.05) is 37.5 Å². The molecule has 8 heteroatoms. The van der Waals surface area contributed by atoms with E-state index in [4.69, 9.17) is 4.74 Å². The Hall–Kier alpha value is -3.00. The molecule has 30 heavy (non-hydrogen) atoms. The molecule has 1 saturated heterocycles. The van der Waals surface area contributed by atoms with E-state index in [1.807, 2.05) is 17.9 Å². The molecule has 2 amide bonds. The summed E-state index contributed by atoms with van der Waals surface area (Å²) >= 11 is 1.46. The topological polar surface area (TPSA) is 84.4 Å². The lowest BCUT2D eigenvalue weighted by Crippen LogP contribution is -2.36. The minimum absolute atomic E-state index is 0.127. The molecular formula is C22H24N4O3S. The van der Waals surface area contributed by atoms with Crippen LogP contribution in [0.2, 0.25) is 0 Å². The van der Waals surface area contributed by atoms with Gasteiger partial charge in [-0.05, 0) is 49.4 Å². The molecule has 1 aliphatic heterocycles. The first kappa shape index (κ1) is 20.3. The van der Waals surface area contributed by atoms with Crippen molar-refractivity contribution in [3.05, 3.63) is 47.3 Å². The number of piperidine rings is 1. The average Bonchev–Trinajstić information content (AvgIpc) is 3.16. The molecule has 0 saturated carbocycles. The van der Waals surface area contributed by atoms with Gasteiger partial charge in [-0.2, -0.15) is 0 Å². The maximum absolute atomic E-state index is 12.6. The minimum atomic E-state index is -0.213. The van der Waals surface area contributed by atoms with Crippen LogP contribution in [0.3, 0.4) is 0 Å². The number of rotatable bonds is 4. The third-order valence-corrected chi connectivity index (χ3v) is 6.54. The number of amides is 2. The fourth-order valence-corrected chi connectivity index (χ4v) is 4.97. The Kier molecular flexibility index (Phi) is 5.67. The van der Waals surface area contributed by atoms with Gasteiger partial charge in [0.05, 0.1) is 11.8 Å². The fourth-order valence-electron chi connectivity index (χ4n) is 3.90. The van der Waals surface area contributed by atoms with Crippen LogP contribution in [-0.2, 0) is 4.79 Å². The molecule has 0 unspecified atom stereocenters. The fraction of sp³-hybridized carbons (Fsp3) is 0.364. The quantitative estimate of drug-likeness (QED) is 0.685. The van der Waals surface area contributed by atoms with E-state index in [0.717, 1.165) is 41.8 Å². The molecule has 4 rings (SSSR count). The van der Waals surface area contributed by atoms with Crippen LogP contribution in [-0.4, -0.2) is 46.9 Å². The van der Waals surface area contributed by atoms with Crippen molar-refractivity contribution in [3.63, 3.8) is 0 Å². The van der Waals surface area contributed by atoms with Crippen LogP contribution in [0.1, 0.15) is 47.3 Å². The SMILES string of the molecule is COc1ccc(C2CCN(C(C)=O)CC2)c2sc(NC(=O)c3ccnc(C)c3)nc12. The highest BCUT2D eigenvalue weighted by Gasteiger charge is 2.25. The maximum atomic E-state index is 12.6. The van der Waals surface area contributed by atoms with E-state index >= 15 is 0 Å². The Bertz CT molecular complexity index is 1100. The van der Waals surface area contributed by atoms with Gasteiger partial charge in [-0.1, -0.05) is 17.4 Å². The lowest BCUT2D eigenvalue weighted by atomic mass is 9.89. The second-order valence-corrected chi connectivity index (χ2v) is 8.47. The molecule has 0 aliphatic carbocycles. The van der Waals surface area contributed by atoms with Crippen molar-refractivity contribution in [3.8, 4) is 5.75 Å². The first-order valence-corrected chi connectivity index (χ1v) is 10.7. The second kappa shape index (κ2) is 8.39. The summed E-state index contributed by atoms with van der Waals surface area (Å²) in [5, 5.41) is 3.45. The lowest BCUT2D eigenvalue weighted by molar-refractivity contribution is -0.129.